The standard InChI is InChI=1S/C23H24NO2P/c1-17-10-9-13-19(22(24-2)18-11-5-4-6-12-18)23(17)27-21-15-8-7-14-20(21)26-16-25-3/h4-15,27H,16H2,1-3H3/b24-22+. The molecule has 0 radical (unpaired) electrons. The number of aryl methyl sites for hydroxylation is 1. The van der Waals surface area contributed by atoms with Gasteiger partial charge >= 0.3 is 0 Å². The zero-order valence-electron chi connectivity index (χ0n) is 15.9. The van der Waals surface area contributed by atoms with E-state index in [-0.39, 0.29) is 6.79 Å². The number of hydrogen-bond donors (Lipinski definition) is 0. The highest BCUT2D eigenvalue weighted by molar-refractivity contribution is 7.56. The van der Waals surface area contributed by atoms with Crippen LogP contribution in [0.2, 0.25) is 0 Å². The molecule has 0 aliphatic heterocycles. The lowest BCUT2D eigenvalue weighted by Crippen LogP contribution is -2.19. The Morgan fingerprint density at radius 2 is 1.67 bits per heavy atom. The van der Waals surface area contributed by atoms with Gasteiger partial charge in [-0.15, -0.1) is 0 Å². The van der Waals surface area contributed by atoms with Gasteiger partial charge in [-0.1, -0.05) is 75.3 Å². The average Bonchev–Trinajstić information content (AvgIpc) is 2.71. The van der Waals surface area contributed by atoms with E-state index >= 15 is 0 Å². The van der Waals surface area contributed by atoms with Crippen molar-refractivity contribution in [2.45, 2.75) is 6.92 Å². The molecule has 1 unspecified atom stereocenters. The van der Waals surface area contributed by atoms with E-state index < -0.39 is 0 Å². The summed E-state index contributed by atoms with van der Waals surface area (Å²) in [5.41, 5.74) is 4.56. The summed E-state index contributed by atoms with van der Waals surface area (Å²) in [5.74, 6) is 0.863. The summed E-state index contributed by atoms with van der Waals surface area (Å²) in [7, 11) is 3.95. The van der Waals surface area contributed by atoms with Crippen LogP contribution in [0.15, 0.2) is 77.8 Å². The molecule has 27 heavy (non-hydrogen) atoms. The van der Waals surface area contributed by atoms with Gasteiger partial charge in [0, 0.05) is 30.6 Å². The summed E-state index contributed by atoms with van der Waals surface area (Å²) in [6.45, 7) is 2.40. The summed E-state index contributed by atoms with van der Waals surface area (Å²) in [6, 6.07) is 24.9. The Hall–Kier alpha value is -2.48. The quantitative estimate of drug-likeness (QED) is 0.353. The molecule has 3 aromatic rings. The monoisotopic (exact) mass is 377 g/mol. The number of aliphatic imine (C=N–C) groups is 1. The molecule has 0 saturated carbocycles. The Balaban J connectivity index is 2.03. The van der Waals surface area contributed by atoms with Gasteiger partial charge in [0.15, 0.2) is 6.79 Å². The van der Waals surface area contributed by atoms with Gasteiger partial charge < -0.3 is 9.47 Å². The third-order valence-corrected chi connectivity index (χ3v) is 5.87. The third kappa shape index (κ3) is 4.63. The van der Waals surface area contributed by atoms with E-state index in [0.717, 1.165) is 22.3 Å². The number of ether oxygens (including phenoxy) is 2. The van der Waals surface area contributed by atoms with Crippen LogP contribution in [0.3, 0.4) is 0 Å². The van der Waals surface area contributed by atoms with E-state index in [1.165, 1.54) is 16.4 Å². The van der Waals surface area contributed by atoms with Crippen LogP contribution in [0.25, 0.3) is 0 Å². The van der Waals surface area contributed by atoms with Crippen LogP contribution in [0, 0.1) is 6.92 Å². The van der Waals surface area contributed by atoms with Gasteiger partial charge in [0.25, 0.3) is 0 Å². The van der Waals surface area contributed by atoms with Crippen molar-refractivity contribution < 1.29 is 9.47 Å². The molecule has 0 fully saturated rings. The van der Waals surface area contributed by atoms with Gasteiger partial charge in [0.2, 0.25) is 0 Å². The third-order valence-electron chi connectivity index (χ3n) is 4.28. The first-order chi connectivity index (χ1) is 13.2. The Morgan fingerprint density at radius 1 is 0.926 bits per heavy atom. The van der Waals surface area contributed by atoms with Crippen molar-refractivity contribution in [1.82, 2.24) is 0 Å². The fourth-order valence-corrected chi connectivity index (χ4v) is 4.33. The summed E-state index contributed by atoms with van der Waals surface area (Å²) in [4.78, 5) is 4.61. The highest BCUT2D eigenvalue weighted by atomic mass is 31.1. The summed E-state index contributed by atoms with van der Waals surface area (Å²) in [6.07, 6.45) is 0. The molecule has 138 valence electrons. The van der Waals surface area contributed by atoms with E-state index in [1.54, 1.807) is 7.11 Å². The molecule has 0 bridgehead atoms. The first-order valence-corrected chi connectivity index (χ1v) is 9.84. The second-order valence-electron chi connectivity index (χ2n) is 6.11. The van der Waals surface area contributed by atoms with Gasteiger partial charge in [0.1, 0.15) is 5.75 Å². The predicted molar refractivity (Wildman–Crippen MR) is 116 cm³/mol. The Labute approximate surface area is 162 Å². The van der Waals surface area contributed by atoms with Crippen molar-refractivity contribution in [2.75, 3.05) is 21.0 Å². The number of nitrogens with zero attached hydrogens (tertiary/aromatic N) is 1. The molecule has 0 aliphatic carbocycles. The number of methoxy groups -OCH3 is 1. The SMILES string of the molecule is C/N=C(\c1ccccc1)c1cccc(C)c1Pc1ccccc1OCOC. The van der Waals surface area contributed by atoms with Crippen LogP contribution in [0.5, 0.6) is 5.75 Å². The van der Waals surface area contributed by atoms with E-state index in [1.807, 2.05) is 43.4 Å². The van der Waals surface area contributed by atoms with Crippen molar-refractivity contribution in [3.63, 3.8) is 0 Å². The maximum atomic E-state index is 5.76. The van der Waals surface area contributed by atoms with Crippen LogP contribution in [-0.2, 0) is 4.74 Å². The highest BCUT2D eigenvalue weighted by Gasteiger charge is 2.15. The predicted octanol–water partition coefficient (Wildman–Crippen LogP) is 4.07. The topological polar surface area (TPSA) is 30.8 Å². The van der Waals surface area contributed by atoms with Crippen molar-refractivity contribution in [2.24, 2.45) is 4.99 Å². The molecule has 3 rings (SSSR count). The van der Waals surface area contributed by atoms with E-state index in [4.69, 9.17) is 9.47 Å². The fourth-order valence-electron chi connectivity index (χ4n) is 2.98. The molecular formula is C23H24NO2P. The largest absolute Gasteiger partial charge is 0.467 e. The number of benzene rings is 3. The number of hydrogen-bond acceptors (Lipinski definition) is 3. The maximum Gasteiger partial charge on any atom is 0.188 e. The number of para-hydroxylation sites is 1. The summed E-state index contributed by atoms with van der Waals surface area (Å²) < 4.78 is 10.8. The molecule has 1 atom stereocenters. The van der Waals surface area contributed by atoms with Crippen molar-refractivity contribution in [3.05, 3.63) is 89.5 Å². The highest BCUT2D eigenvalue weighted by Crippen LogP contribution is 2.24. The normalized spacial score (nSPS) is 11.9. The van der Waals surface area contributed by atoms with Crippen LogP contribution >= 0.6 is 8.58 Å². The lowest BCUT2D eigenvalue weighted by Gasteiger charge is -2.17. The zero-order valence-corrected chi connectivity index (χ0v) is 16.9. The van der Waals surface area contributed by atoms with Crippen LogP contribution < -0.4 is 15.3 Å². The lowest BCUT2D eigenvalue weighted by atomic mass is 10.0. The van der Waals surface area contributed by atoms with Crippen LogP contribution in [-0.4, -0.2) is 26.7 Å². The molecule has 0 spiro atoms. The smallest absolute Gasteiger partial charge is 0.188 e. The minimum Gasteiger partial charge on any atom is -0.467 e. The molecule has 0 N–H and O–H groups in total. The molecule has 0 aromatic heterocycles. The van der Waals surface area contributed by atoms with E-state index in [9.17, 15) is 0 Å². The molecular weight excluding hydrogens is 353 g/mol. The summed E-state index contributed by atoms with van der Waals surface area (Å²) in [5, 5.41) is 2.45. The molecule has 3 nitrogen and oxygen atoms in total. The van der Waals surface area contributed by atoms with E-state index in [0.29, 0.717) is 8.58 Å². The molecule has 4 heteroatoms. The second-order valence-corrected chi connectivity index (χ2v) is 7.40. The van der Waals surface area contributed by atoms with Crippen LogP contribution in [0.4, 0.5) is 0 Å². The van der Waals surface area contributed by atoms with Gasteiger partial charge in [0.05, 0.1) is 5.71 Å². The van der Waals surface area contributed by atoms with Crippen LogP contribution in [0.1, 0.15) is 16.7 Å². The molecule has 0 heterocycles. The molecule has 0 amide bonds. The minimum absolute atomic E-state index is 0.244. The molecule has 0 aliphatic rings. The zero-order chi connectivity index (χ0) is 19.1. The first kappa shape index (κ1) is 19.3. The van der Waals surface area contributed by atoms with Crippen molar-refractivity contribution in [1.29, 1.82) is 0 Å². The number of rotatable bonds is 7. The Kier molecular flexibility index (Phi) is 6.75. The van der Waals surface area contributed by atoms with Gasteiger partial charge in [-0.3, -0.25) is 4.99 Å². The average molecular weight is 377 g/mol. The van der Waals surface area contributed by atoms with Crippen molar-refractivity contribution >= 4 is 24.9 Å². The fraction of sp³-hybridized carbons (Fsp3) is 0.174. The lowest BCUT2D eigenvalue weighted by molar-refractivity contribution is 0.0519. The molecule has 0 saturated heterocycles. The minimum atomic E-state index is 0.244. The maximum absolute atomic E-state index is 5.76. The Morgan fingerprint density at radius 3 is 2.41 bits per heavy atom. The summed E-state index contributed by atoms with van der Waals surface area (Å²) >= 11 is 0. The van der Waals surface area contributed by atoms with Gasteiger partial charge in [-0.2, -0.15) is 0 Å². The first-order valence-electron chi connectivity index (χ1n) is 8.84. The second kappa shape index (κ2) is 9.45. The Bertz CT molecular complexity index is 923. The van der Waals surface area contributed by atoms with E-state index in [2.05, 4.69) is 48.3 Å². The molecule has 3 aromatic carbocycles. The van der Waals surface area contributed by atoms with Gasteiger partial charge in [-0.25, -0.2) is 0 Å². The van der Waals surface area contributed by atoms with Crippen molar-refractivity contribution in [3.8, 4) is 5.75 Å². The van der Waals surface area contributed by atoms with Gasteiger partial charge in [-0.05, 0) is 23.9 Å².